The SMILES string of the molecule is COc1cccc(CCC(N)C(C)(C)C)c1OC. The van der Waals surface area contributed by atoms with Crippen LogP contribution >= 0.6 is 0 Å². The van der Waals surface area contributed by atoms with Crippen molar-refractivity contribution in [2.75, 3.05) is 14.2 Å². The predicted molar refractivity (Wildman–Crippen MR) is 75.3 cm³/mol. The van der Waals surface area contributed by atoms with E-state index < -0.39 is 0 Å². The lowest BCUT2D eigenvalue weighted by molar-refractivity contribution is 0.303. The Morgan fingerprint density at radius 1 is 1.17 bits per heavy atom. The molecule has 1 unspecified atom stereocenters. The maximum atomic E-state index is 6.19. The van der Waals surface area contributed by atoms with Gasteiger partial charge in [0.2, 0.25) is 0 Å². The van der Waals surface area contributed by atoms with Crippen LogP contribution in [0.2, 0.25) is 0 Å². The summed E-state index contributed by atoms with van der Waals surface area (Å²) < 4.78 is 10.7. The predicted octanol–water partition coefficient (Wildman–Crippen LogP) is 3.01. The zero-order valence-corrected chi connectivity index (χ0v) is 12.1. The Hall–Kier alpha value is -1.22. The summed E-state index contributed by atoms with van der Waals surface area (Å²) in [5.41, 5.74) is 7.47. The molecule has 1 atom stereocenters. The van der Waals surface area contributed by atoms with E-state index in [1.54, 1.807) is 14.2 Å². The first-order valence-electron chi connectivity index (χ1n) is 6.35. The molecule has 3 heteroatoms. The van der Waals surface area contributed by atoms with E-state index in [1.807, 2.05) is 12.1 Å². The fraction of sp³-hybridized carbons (Fsp3) is 0.600. The average Bonchev–Trinajstić information content (AvgIpc) is 2.33. The Bertz CT molecular complexity index is 383. The highest BCUT2D eigenvalue weighted by molar-refractivity contribution is 5.46. The van der Waals surface area contributed by atoms with E-state index in [0.717, 1.165) is 29.9 Å². The molecular weight excluding hydrogens is 226 g/mol. The van der Waals surface area contributed by atoms with Gasteiger partial charge in [-0.25, -0.2) is 0 Å². The summed E-state index contributed by atoms with van der Waals surface area (Å²) >= 11 is 0. The van der Waals surface area contributed by atoms with Gasteiger partial charge in [-0.2, -0.15) is 0 Å². The zero-order chi connectivity index (χ0) is 13.8. The van der Waals surface area contributed by atoms with Gasteiger partial charge in [0.1, 0.15) is 0 Å². The van der Waals surface area contributed by atoms with Crippen molar-refractivity contribution < 1.29 is 9.47 Å². The number of aryl methyl sites for hydroxylation is 1. The minimum Gasteiger partial charge on any atom is -0.493 e. The van der Waals surface area contributed by atoms with Crippen LogP contribution in [-0.4, -0.2) is 20.3 Å². The highest BCUT2D eigenvalue weighted by Crippen LogP contribution is 2.32. The number of nitrogens with two attached hydrogens (primary N) is 1. The van der Waals surface area contributed by atoms with Crippen molar-refractivity contribution >= 4 is 0 Å². The molecule has 3 nitrogen and oxygen atoms in total. The fourth-order valence-corrected chi connectivity index (χ4v) is 1.89. The Balaban J connectivity index is 2.79. The third kappa shape index (κ3) is 3.64. The van der Waals surface area contributed by atoms with E-state index in [1.165, 1.54) is 0 Å². The molecule has 0 amide bonds. The minimum atomic E-state index is 0.131. The molecule has 0 aromatic heterocycles. The molecule has 0 radical (unpaired) electrons. The number of para-hydroxylation sites is 1. The topological polar surface area (TPSA) is 44.5 Å². The van der Waals surface area contributed by atoms with E-state index in [9.17, 15) is 0 Å². The summed E-state index contributed by atoms with van der Waals surface area (Å²) in [4.78, 5) is 0. The smallest absolute Gasteiger partial charge is 0.163 e. The molecule has 1 rings (SSSR count). The second kappa shape index (κ2) is 6.10. The molecule has 2 N–H and O–H groups in total. The maximum Gasteiger partial charge on any atom is 0.163 e. The first-order chi connectivity index (χ1) is 8.40. The Morgan fingerprint density at radius 2 is 1.83 bits per heavy atom. The van der Waals surface area contributed by atoms with Gasteiger partial charge in [0, 0.05) is 6.04 Å². The number of benzene rings is 1. The molecular formula is C15H25NO2. The molecule has 0 aliphatic heterocycles. The van der Waals surface area contributed by atoms with Gasteiger partial charge in [-0.05, 0) is 29.9 Å². The van der Waals surface area contributed by atoms with E-state index in [0.29, 0.717) is 0 Å². The Kier molecular flexibility index (Phi) is 5.03. The number of rotatable bonds is 5. The summed E-state index contributed by atoms with van der Waals surface area (Å²) in [5, 5.41) is 0. The van der Waals surface area contributed by atoms with Crippen LogP contribution in [0.5, 0.6) is 11.5 Å². The second-order valence-electron chi connectivity index (χ2n) is 5.66. The summed E-state index contributed by atoms with van der Waals surface area (Å²) in [6, 6.07) is 6.13. The van der Waals surface area contributed by atoms with E-state index >= 15 is 0 Å². The lowest BCUT2D eigenvalue weighted by atomic mass is 9.84. The third-order valence-corrected chi connectivity index (χ3v) is 3.32. The van der Waals surface area contributed by atoms with Crippen molar-refractivity contribution in [1.29, 1.82) is 0 Å². The van der Waals surface area contributed by atoms with Gasteiger partial charge < -0.3 is 15.2 Å². The van der Waals surface area contributed by atoms with Crippen LogP contribution < -0.4 is 15.2 Å². The molecule has 0 aliphatic rings. The van der Waals surface area contributed by atoms with Crippen LogP contribution in [-0.2, 0) is 6.42 Å². The normalized spacial score (nSPS) is 13.2. The number of ether oxygens (including phenoxy) is 2. The Morgan fingerprint density at radius 3 is 2.33 bits per heavy atom. The molecule has 0 saturated carbocycles. The molecule has 0 saturated heterocycles. The number of hydrogen-bond acceptors (Lipinski definition) is 3. The molecule has 0 aliphatic carbocycles. The highest BCUT2D eigenvalue weighted by atomic mass is 16.5. The first-order valence-corrected chi connectivity index (χ1v) is 6.35. The lowest BCUT2D eigenvalue weighted by Crippen LogP contribution is -2.35. The summed E-state index contributed by atoms with van der Waals surface area (Å²) in [7, 11) is 3.33. The van der Waals surface area contributed by atoms with Gasteiger partial charge in [0.25, 0.3) is 0 Å². The minimum absolute atomic E-state index is 0.131. The van der Waals surface area contributed by atoms with Crippen LogP contribution in [0.1, 0.15) is 32.8 Å². The van der Waals surface area contributed by atoms with E-state index in [4.69, 9.17) is 15.2 Å². The molecule has 1 aromatic rings. The van der Waals surface area contributed by atoms with Crippen LogP contribution in [0, 0.1) is 5.41 Å². The zero-order valence-electron chi connectivity index (χ0n) is 12.1. The summed E-state index contributed by atoms with van der Waals surface area (Å²) in [6.07, 6.45) is 1.84. The van der Waals surface area contributed by atoms with Gasteiger partial charge in [-0.1, -0.05) is 32.9 Å². The van der Waals surface area contributed by atoms with Gasteiger partial charge in [-0.3, -0.25) is 0 Å². The quantitative estimate of drug-likeness (QED) is 0.875. The monoisotopic (exact) mass is 251 g/mol. The largest absolute Gasteiger partial charge is 0.493 e. The third-order valence-electron chi connectivity index (χ3n) is 3.32. The van der Waals surface area contributed by atoms with Crippen molar-refractivity contribution in [3.05, 3.63) is 23.8 Å². The van der Waals surface area contributed by atoms with Gasteiger partial charge in [0.05, 0.1) is 14.2 Å². The van der Waals surface area contributed by atoms with Crippen molar-refractivity contribution in [2.24, 2.45) is 11.1 Å². The van der Waals surface area contributed by atoms with Crippen molar-refractivity contribution in [2.45, 2.75) is 39.7 Å². The lowest BCUT2D eigenvalue weighted by Gasteiger charge is -2.27. The number of hydrogen-bond donors (Lipinski definition) is 1. The molecule has 0 heterocycles. The molecule has 0 fully saturated rings. The van der Waals surface area contributed by atoms with Gasteiger partial charge >= 0.3 is 0 Å². The van der Waals surface area contributed by atoms with Gasteiger partial charge in [0.15, 0.2) is 11.5 Å². The fourth-order valence-electron chi connectivity index (χ4n) is 1.89. The standard InChI is InChI=1S/C15H25NO2/c1-15(2,3)13(16)10-9-11-7-6-8-12(17-4)14(11)18-5/h6-8,13H,9-10,16H2,1-5H3. The molecule has 0 spiro atoms. The number of methoxy groups -OCH3 is 2. The van der Waals surface area contributed by atoms with Crippen LogP contribution in [0.15, 0.2) is 18.2 Å². The van der Waals surface area contributed by atoms with Crippen LogP contribution in [0.3, 0.4) is 0 Å². The van der Waals surface area contributed by atoms with Crippen LogP contribution in [0.25, 0.3) is 0 Å². The maximum absolute atomic E-state index is 6.19. The Labute approximate surface area is 110 Å². The molecule has 0 bridgehead atoms. The van der Waals surface area contributed by atoms with Crippen LogP contribution in [0.4, 0.5) is 0 Å². The summed E-state index contributed by atoms with van der Waals surface area (Å²) in [5.74, 6) is 1.60. The summed E-state index contributed by atoms with van der Waals surface area (Å²) in [6.45, 7) is 6.50. The van der Waals surface area contributed by atoms with Crippen molar-refractivity contribution in [3.8, 4) is 11.5 Å². The van der Waals surface area contributed by atoms with Crippen molar-refractivity contribution in [1.82, 2.24) is 0 Å². The highest BCUT2D eigenvalue weighted by Gasteiger charge is 2.21. The average molecular weight is 251 g/mol. The second-order valence-corrected chi connectivity index (χ2v) is 5.66. The van der Waals surface area contributed by atoms with Gasteiger partial charge in [-0.15, -0.1) is 0 Å². The van der Waals surface area contributed by atoms with E-state index in [2.05, 4.69) is 26.8 Å². The molecule has 18 heavy (non-hydrogen) atoms. The first kappa shape index (κ1) is 14.8. The molecule has 102 valence electrons. The molecule has 1 aromatic carbocycles. The van der Waals surface area contributed by atoms with E-state index in [-0.39, 0.29) is 11.5 Å². The van der Waals surface area contributed by atoms with Crippen molar-refractivity contribution in [3.63, 3.8) is 0 Å².